The summed E-state index contributed by atoms with van der Waals surface area (Å²) in [5, 5.41) is 9.29. The molecule has 1 aromatic heterocycles. The summed E-state index contributed by atoms with van der Waals surface area (Å²) in [6, 6.07) is 9.74. The number of carbonyl (C=O) groups excluding carboxylic acids is 1. The monoisotopic (exact) mass is 395 g/mol. The predicted octanol–water partition coefficient (Wildman–Crippen LogP) is 1.97. The van der Waals surface area contributed by atoms with Crippen LogP contribution in [0, 0.1) is 11.8 Å². The van der Waals surface area contributed by atoms with Crippen molar-refractivity contribution in [3.05, 3.63) is 47.7 Å². The minimum absolute atomic E-state index is 0.101. The number of hydrogen-bond acceptors (Lipinski definition) is 6. The SMILES string of the molecule is Nc1ccnc(N2CCC(Cc3cccc(C(=O)N4CCC(CO)CC4)c3)C2)n1. The van der Waals surface area contributed by atoms with Crippen LogP contribution in [0.5, 0.6) is 0 Å². The maximum absolute atomic E-state index is 12.9. The molecule has 0 bridgehead atoms. The molecule has 1 unspecified atom stereocenters. The molecule has 2 fully saturated rings. The normalized spacial score (nSPS) is 20.2. The molecule has 2 saturated heterocycles. The molecule has 2 aromatic rings. The van der Waals surface area contributed by atoms with E-state index in [9.17, 15) is 9.90 Å². The summed E-state index contributed by atoms with van der Waals surface area (Å²) in [6.45, 7) is 3.50. The number of nitrogens with zero attached hydrogens (tertiary/aromatic N) is 4. The van der Waals surface area contributed by atoms with Gasteiger partial charge in [0, 0.05) is 44.5 Å². The molecule has 4 rings (SSSR count). The number of aliphatic hydroxyl groups excluding tert-OH is 1. The van der Waals surface area contributed by atoms with Crippen molar-refractivity contribution in [2.24, 2.45) is 11.8 Å². The molecular formula is C22H29N5O2. The average Bonchev–Trinajstić information content (AvgIpc) is 3.22. The Morgan fingerprint density at radius 3 is 2.69 bits per heavy atom. The number of rotatable bonds is 5. The van der Waals surface area contributed by atoms with E-state index < -0.39 is 0 Å². The van der Waals surface area contributed by atoms with Crippen LogP contribution in [-0.2, 0) is 6.42 Å². The molecule has 0 radical (unpaired) electrons. The minimum Gasteiger partial charge on any atom is -0.396 e. The first-order valence-electron chi connectivity index (χ1n) is 10.4. The largest absolute Gasteiger partial charge is 0.396 e. The number of aliphatic hydroxyl groups is 1. The minimum atomic E-state index is 0.101. The quantitative estimate of drug-likeness (QED) is 0.804. The highest BCUT2D eigenvalue weighted by molar-refractivity contribution is 5.94. The van der Waals surface area contributed by atoms with E-state index in [-0.39, 0.29) is 12.5 Å². The second-order valence-electron chi connectivity index (χ2n) is 8.20. The Hall–Kier alpha value is -2.67. The van der Waals surface area contributed by atoms with E-state index in [1.807, 2.05) is 23.1 Å². The van der Waals surface area contributed by atoms with Crippen molar-refractivity contribution in [2.75, 3.05) is 43.4 Å². The number of benzene rings is 1. The van der Waals surface area contributed by atoms with Gasteiger partial charge in [-0.25, -0.2) is 4.98 Å². The van der Waals surface area contributed by atoms with Crippen molar-refractivity contribution in [3.8, 4) is 0 Å². The highest BCUT2D eigenvalue weighted by Crippen LogP contribution is 2.25. The van der Waals surface area contributed by atoms with Gasteiger partial charge in [-0.05, 0) is 61.3 Å². The smallest absolute Gasteiger partial charge is 0.253 e. The highest BCUT2D eigenvalue weighted by Gasteiger charge is 2.26. The number of aromatic nitrogens is 2. The summed E-state index contributed by atoms with van der Waals surface area (Å²) in [4.78, 5) is 25.6. The third-order valence-corrected chi connectivity index (χ3v) is 6.09. The first-order chi connectivity index (χ1) is 14.1. The van der Waals surface area contributed by atoms with E-state index in [4.69, 9.17) is 5.73 Å². The summed E-state index contributed by atoms with van der Waals surface area (Å²) in [7, 11) is 0. The maximum Gasteiger partial charge on any atom is 0.253 e. The van der Waals surface area contributed by atoms with Gasteiger partial charge in [0.15, 0.2) is 0 Å². The molecule has 1 atom stereocenters. The fraction of sp³-hybridized carbons (Fsp3) is 0.500. The topological polar surface area (TPSA) is 95.6 Å². The molecule has 0 saturated carbocycles. The molecular weight excluding hydrogens is 366 g/mol. The van der Waals surface area contributed by atoms with Gasteiger partial charge in [-0.15, -0.1) is 0 Å². The van der Waals surface area contributed by atoms with E-state index in [0.29, 0.717) is 23.6 Å². The zero-order chi connectivity index (χ0) is 20.2. The molecule has 3 heterocycles. The highest BCUT2D eigenvalue weighted by atomic mass is 16.3. The van der Waals surface area contributed by atoms with Crippen LogP contribution in [0.2, 0.25) is 0 Å². The second kappa shape index (κ2) is 8.78. The van der Waals surface area contributed by atoms with E-state index in [1.54, 1.807) is 12.3 Å². The van der Waals surface area contributed by atoms with Crippen molar-refractivity contribution < 1.29 is 9.90 Å². The average molecular weight is 396 g/mol. The molecule has 29 heavy (non-hydrogen) atoms. The van der Waals surface area contributed by atoms with Crippen molar-refractivity contribution in [1.29, 1.82) is 0 Å². The van der Waals surface area contributed by atoms with Gasteiger partial charge in [0.1, 0.15) is 5.82 Å². The van der Waals surface area contributed by atoms with Gasteiger partial charge in [0.25, 0.3) is 5.91 Å². The van der Waals surface area contributed by atoms with Crippen LogP contribution in [0.3, 0.4) is 0 Å². The van der Waals surface area contributed by atoms with E-state index in [1.165, 1.54) is 5.56 Å². The molecule has 3 N–H and O–H groups in total. The van der Waals surface area contributed by atoms with Crippen LogP contribution < -0.4 is 10.6 Å². The zero-order valence-electron chi connectivity index (χ0n) is 16.7. The van der Waals surface area contributed by atoms with Gasteiger partial charge in [0.2, 0.25) is 5.95 Å². The van der Waals surface area contributed by atoms with Crippen LogP contribution in [-0.4, -0.2) is 58.7 Å². The number of nitrogens with two attached hydrogens (primary N) is 1. The lowest BCUT2D eigenvalue weighted by Gasteiger charge is -2.31. The fourth-order valence-corrected chi connectivity index (χ4v) is 4.36. The van der Waals surface area contributed by atoms with Crippen LogP contribution >= 0.6 is 0 Å². The Balaban J connectivity index is 1.36. The molecule has 7 heteroatoms. The van der Waals surface area contributed by atoms with Crippen molar-refractivity contribution in [2.45, 2.75) is 25.7 Å². The summed E-state index contributed by atoms with van der Waals surface area (Å²) < 4.78 is 0. The Bertz CT molecular complexity index is 851. The van der Waals surface area contributed by atoms with Crippen LogP contribution in [0.1, 0.15) is 35.2 Å². The Morgan fingerprint density at radius 1 is 1.14 bits per heavy atom. The molecule has 0 spiro atoms. The summed E-state index contributed by atoms with van der Waals surface area (Å²) >= 11 is 0. The zero-order valence-corrected chi connectivity index (χ0v) is 16.7. The molecule has 1 amide bonds. The number of carbonyl (C=O) groups is 1. The lowest BCUT2D eigenvalue weighted by molar-refractivity contribution is 0.0650. The van der Waals surface area contributed by atoms with Gasteiger partial charge in [-0.3, -0.25) is 4.79 Å². The van der Waals surface area contributed by atoms with Crippen LogP contribution in [0.15, 0.2) is 36.5 Å². The Kier molecular flexibility index (Phi) is 5.94. The first-order valence-corrected chi connectivity index (χ1v) is 10.4. The van der Waals surface area contributed by atoms with Gasteiger partial charge in [0.05, 0.1) is 0 Å². The number of nitrogen functional groups attached to an aromatic ring is 1. The predicted molar refractivity (Wildman–Crippen MR) is 113 cm³/mol. The fourth-order valence-electron chi connectivity index (χ4n) is 4.36. The molecule has 2 aliphatic heterocycles. The number of anilines is 2. The van der Waals surface area contributed by atoms with Crippen molar-refractivity contribution >= 4 is 17.7 Å². The number of hydrogen-bond donors (Lipinski definition) is 2. The van der Waals surface area contributed by atoms with E-state index >= 15 is 0 Å². The van der Waals surface area contributed by atoms with Gasteiger partial charge in [-0.2, -0.15) is 4.98 Å². The van der Waals surface area contributed by atoms with Crippen molar-refractivity contribution in [1.82, 2.24) is 14.9 Å². The van der Waals surface area contributed by atoms with Crippen LogP contribution in [0.4, 0.5) is 11.8 Å². The standard InChI is InChI=1S/C22H29N5O2/c23-20-4-8-24-22(25-20)27-11-7-18(14-27)12-17-2-1-3-19(13-17)21(29)26-9-5-16(15-28)6-10-26/h1-4,8,13,16,18,28H,5-7,9-12,14-15H2,(H2,23,24,25). The van der Waals surface area contributed by atoms with Gasteiger partial charge < -0.3 is 20.6 Å². The Labute approximate surface area is 171 Å². The number of amides is 1. The molecule has 0 aliphatic carbocycles. The number of piperidine rings is 1. The third kappa shape index (κ3) is 4.67. The van der Waals surface area contributed by atoms with Gasteiger partial charge in [-0.1, -0.05) is 12.1 Å². The molecule has 154 valence electrons. The summed E-state index contributed by atoms with van der Waals surface area (Å²) in [6.07, 6.45) is 5.47. The second-order valence-corrected chi connectivity index (χ2v) is 8.20. The lowest BCUT2D eigenvalue weighted by Crippen LogP contribution is -2.39. The summed E-state index contributed by atoms with van der Waals surface area (Å²) in [5.74, 6) is 2.13. The first kappa shape index (κ1) is 19.6. The van der Waals surface area contributed by atoms with Gasteiger partial charge >= 0.3 is 0 Å². The Morgan fingerprint density at radius 2 is 1.93 bits per heavy atom. The van der Waals surface area contributed by atoms with E-state index in [2.05, 4.69) is 20.9 Å². The molecule has 7 nitrogen and oxygen atoms in total. The van der Waals surface area contributed by atoms with Crippen LogP contribution in [0.25, 0.3) is 0 Å². The number of likely N-dealkylation sites (tertiary alicyclic amines) is 1. The van der Waals surface area contributed by atoms with E-state index in [0.717, 1.165) is 57.4 Å². The summed E-state index contributed by atoms with van der Waals surface area (Å²) in [5.41, 5.74) is 7.74. The van der Waals surface area contributed by atoms with Crippen molar-refractivity contribution in [3.63, 3.8) is 0 Å². The lowest BCUT2D eigenvalue weighted by atomic mass is 9.95. The molecule has 2 aliphatic rings. The third-order valence-electron chi connectivity index (χ3n) is 6.09. The molecule has 1 aromatic carbocycles. The maximum atomic E-state index is 12.9.